The molecule has 0 unspecified atom stereocenters. The van der Waals surface area contributed by atoms with Crippen LogP contribution in [0.2, 0.25) is 0 Å². The van der Waals surface area contributed by atoms with Gasteiger partial charge in [-0.05, 0) is 38.1 Å². The average molecular weight is 399 g/mol. The summed E-state index contributed by atoms with van der Waals surface area (Å²) in [5, 5.41) is 18.8. The van der Waals surface area contributed by atoms with E-state index in [1.165, 1.54) is 37.3 Å². The Labute approximate surface area is 159 Å². The van der Waals surface area contributed by atoms with E-state index in [1.807, 2.05) is 6.26 Å². The number of nitrogens with zero attached hydrogens (tertiary/aromatic N) is 2. The lowest BCUT2D eigenvalue weighted by Gasteiger charge is -2.44. The van der Waals surface area contributed by atoms with E-state index in [0.717, 1.165) is 15.8 Å². The molecule has 0 radical (unpaired) electrons. The van der Waals surface area contributed by atoms with E-state index in [0.29, 0.717) is 24.1 Å². The van der Waals surface area contributed by atoms with E-state index < -0.39 is 11.9 Å². The van der Waals surface area contributed by atoms with Crippen LogP contribution in [0.3, 0.4) is 0 Å². The van der Waals surface area contributed by atoms with Crippen molar-refractivity contribution in [3.63, 3.8) is 0 Å². The van der Waals surface area contributed by atoms with Crippen LogP contribution < -0.4 is 5.32 Å². The number of hydrogen-bond acceptors (Lipinski definition) is 7. The van der Waals surface area contributed by atoms with Crippen LogP contribution in [0, 0.1) is 5.92 Å². The van der Waals surface area contributed by atoms with Crippen LogP contribution in [0.15, 0.2) is 22.7 Å². The molecular formula is C16H21N3O5S2. The number of carboxylic acids is 2. The van der Waals surface area contributed by atoms with E-state index in [4.69, 9.17) is 10.2 Å². The number of aliphatic carboxylic acids is 2. The number of fused-ring (bicyclic) bond motifs is 3. The van der Waals surface area contributed by atoms with Crippen molar-refractivity contribution in [2.45, 2.75) is 23.2 Å². The van der Waals surface area contributed by atoms with Gasteiger partial charge in [-0.3, -0.25) is 4.79 Å². The summed E-state index contributed by atoms with van der Waals surface area (Å²) in [5.41, 5.74) is 0. The van der Waals surface area contributed by atoms with Crippen molar-refractivity contribution >= 4 is 40.9 Å². The number of thioether (sulfide) groups is 1. The Morgan fingerprint density at radius 3 is 2.31 bits per heavy atom. The summed E-state index contributed by atoms with van der Waals surface area (Å²) in [6.07, 6.45) is 7.24. The van der Waals surface area contributed by atoms with Crippen molar-refractivity contribution < 1.29 is 24.6 Å². The van der Waals surface area contributed by atoms with Crippen molar-refractivity contribution in [3.8, 4) is 0 Å². The maximum absolute atomic E-state index is 12.2. The first-order valence-corrected chi connectivity index (χ1v) is 10.1. The Hall–Kier alpha value is -1.91. The minimum Gasteiger partial charge on any atom is -0.478 e. The lowest BCUT2D eigenvalue weighted by Crippen LogP contribution is -2.57. The van der Waals surface area contributed by atoms with Gasteiger partial charge in [0.25, 0.3) is 5.91 Å². The van der Waals surface area contributed by atoms with Crippen LogP contribution in [-0.4, -0.2) is 69.9 Å². The zero-order valence-corrected chi connectivity index (χ0v) is 15.9. The molecule has 0 aliphatic carbocycles. The van der Waals surface area contributed by atoms with E-state index in [1.54, 1.807) is 18.0 Å². The van der Waals surface area contributed by atoms with E-state index in [2.05, 4.69) is 15.2 Å². The lowest BCUT2D eigenvalue weighted by molar-refractivity contribution is -0.134. The van der Waals surface area contributed by atoms with Gasteiger partial charge < -0.3 is 20.4 Å². The Balaban J connectivity index is 0.000000260. The van der Waals surface area contributed by atoms with Gasteiger partial charge in [-0.25, -0.2) is 14.6 Å². The molecule has 10 heteroatoms. The maximum atomic E-state index is 12.2. The van der Waals surface area contributed by atoms with Gasteiger partial charge in [0.1, 0.15) is 9.22 Å². The fourth-order valence-corrected chi connectivity index (χ4v) is 4.28. The van der Waals surface area contributed by atoms with E-state index in [9.17, 15) is 14.4 Å². The Morgan fingerprint density at radius 1 is 1.27 bits per heavy atom. The van der Waals surface area contributed by atoms with Crippen LogP contribution in [0.5, 0.6) is 0 Å². The Morgan fingerprint density at radius 2 is 1.88 bits per heavy atom. The first kappa shape index (κ1) is 20.4. The Kier molecular flexibility index (Phi) is 7.61. The van der Waals surface area contributed by atoms with E-state index >= 15 is 0 Å². The number of nitrogens with one attached hydrogen (secondary N) is 1. The lowest BCUT2D eigenvalue weighted by atomic mass is 9.84. The van der Waals surface area contributed by atoms with Gasteiger partial charge in [-0.1, -0.05) is 11.8 Å². The van der Waals surface area contributed by atoms with E-state index in [-0.39, 0.29) is 5.91 Å². The number of thiazole rings is 1. The number of carboxylic acid groups (broad SMARTS) is 2. The molecule has 3 aliphatic heterocycles. The molecule has 3 fully saturated rings. The number of carbonyl (C=O) groups excluding carboxylic acids is 1. The second-order valence-electron chi connectivity index (χ2n) is 5.92. The third-order valence-electron chi connectivity index (χ3n) is 4.22. The van der Waals surface area contributed by atoms with Gasteiger partial charge in [0.15, 0.2) is 0 Å². The molecule has 8 nitrogen and oxygen atoms in total. The van der Waals surface area contributed by atoms with Crippen LogP contribution >= 0.6 is 23.1 Å². The maximum Gasteiger partial charge on any atom is 0.328 e. The summed E-state index contributed by atoms with van der Waals surface area (Å²) in [4.78, 5) is 38.6. The predicted molar refractivity (Wildman–Crippen MR) is 98.7 cm³/mol. The molecule has 2 bridgehead atoms. The number of aromatic nitrogens is 1. The second kappa shape index (κ2) is 9.70. The predicted octanol–water partition coefficient (Wildman–Crippen LogP) is 1.40. The highest BCUT2D eigenvalue weighted by molar-refractivity contribution is 8.00. The number of carbonyl (C=O) groups is 3. The summed E-state index contributed by atoms with van der Waals surface area (Å²) in [5.74, 6) is -1.79. The zero-order valence-electron chi connectivity index (χ0n) is 14.3. The molecule has 3 N–H and O–H groups in total. The molecule has 4 heterocycles. The quantitative estimate of drug-likeness (QED) is 0.502. The number of hydrogen-bond donors (Lipinski definition) is 3. The molecular weight excluding hydrogens is 378 g/mol. The standard InChI is InChI=1S/C12H17N3OS2.C4H4O4/c1-17-12-13-6-10(18-12)11(16)14-9-7-15-4-2-8(9)3-5-15;5-3(6)1-2-4(7)8/h6,8-9H,2-5,7H2,1H3,(H,14,16);1-2H,(H,5,6)(H,7,8)/b;2-1+/t9-;/m0./s1. The molecule has 0 spiro atoms. The Bertz CT molecular complexity index is 667. The summed E-state index contributed by atoms with van der Waals surface area (Å²) in [7, 11) is 0. The molecule has 4 rings (SSSR count). The summed E-state index contributed by atoms with van der Waals surface area (Å²) < 4.78 is 0.953. The SMILES string of the molecule is CSc1ncc(C(=O)N[C@H]2CN3CCC2CC3)s1.O=C(O)/C=C/C(=O)O. The number of rotatable bonds is 5. The minimum atomic E-state index is -1.26. The molecule has 0 saturated carbocycles. The van der Waals surface area contributed by atoms with Crippen molar-refractivity contribution in [2.75, 3.05) is 25.9 Å². The normalized spacial score (nSPS) is 24.0. The molecule has 0 aromatic carbocycles. The van der Waals surface area contributed by atoms with Gasteiger partial charge >= 0.3 is 11.9 Å². The monoisotopic (exact) mass is 399 g/mol. The first-order chi connectivity index (χ1) is 12.4. The number of amides is 1. The fourth-order valence-electron chi connectivity index (χ4n) is 2.97. The minimum absolute atomic E-state index is 0.0477. The summed E-state index contributed by atoms with van der Waals surface area (Å²) >= 11 is 3.06. The number of piperidine rings is 3. The highest BCUT2D eigenvalue weighted by Crippen LogP contribution is 2.28. The largest absolute Gasteiger partial charge is 0.478 e. The highest BCUT2D eigenvalue weighted by atomic mass is 32.2. The third kappa shape index (κ3) is 6.11. The van der Waals surface area contributed by atoms with Gasteiger partial charge in [-0.15, -0.1) is 11.3 Å². The smallest absolute Gasteiger partial charge is 0.328 e. The first-order valence-electron chi connectivity index (χ1n) is 8.06. The molecule has 142 valence electrons. The highest BCUT2D eigenvalue weighted by Gasteiger charge is 2.35. The topological polar surface area (TPSA) is 120 Å². The van der Waals surface area contributed by atoms with Crippen molar-refractivity contribution in [1.29, 1.82) is 0 Å². The van der Waals surface area contributed by atoms with Crippen LogP contribution in [0.1, 0.15) is 22.5 Å². The summed E-state index contributed by atoms with van der Waals surface area (Å²) in [6, 6.07) is 0.333. The van der Waals surface area contributed by atoms with Gasteiger partial charge in [-0.2, -0.15) is 0 Å². The van der Waals surface area contributed by atoms with Crippen molar-refractivity contribution in [3.05, 3.63) is 23.2 Å². The molecule has 26 heavy (non-hydrogen) atoms. The van der Waals surface area contributed by atoms with Crippen LogP contribution in [0.25, 0.3) is 0 Å². The van der Waals surface area contributed by atoms with Crippen LogP contribution in [-0.2, 0) is 9.59 Å². The molecule has 3 saturated heterocycles. The molecule has 1 aromatic heterocycles. The molecule has 3 aliphatic rings. The van der Waals surface area contributed by atoms with Crippen molar-refractivity contribution in [1.82, 2.24) is 15.2 Å². The van der Waals surface area contributed by atoms with Crippen LogP contribution in [0.4, 0.5) is 0 Å². The summed E-state index contributed by atoms with van der Waals surface area (Å²) in [6.45, 7) is 3.42. The molecule has 1 atom stereocenters. The average Bonchev–Trinajstić information content (AvgIpc) is 3.11. The fraction of sp³-hybridized carbons (Fsp3) is 0.500. The van der Waals surface area contributed by atoms with Gasteiger partial charge in [0.2, 0.25) is 0 Å². The van der Waals surface area contributed by atoms with Crippen molar-refractivity contribution in [2.24, 2.45) is 5.92 Å². The molecule has 1 amide bonds. The van der Waals surface area contributed by atoms with Gasteiger partial charge in [0, 0.05) is 24.7 Å². The molecule has 1 aromatic rings. The second-order valence-corrected chi connectivity index (χ2v) is 8.01. The van der Waals surface area contributed by atoms with Gasteiger partial charge in [0.05, 0.1) is 6.20 Å². The third-order valence-corrected chi connectivity index (χ3v) is 6.22. The zero-order chi connectivity index (χ0) is 19.1.